The highest BCUT2D eigenvalue weighted by Crippen LogP contribution is 2.22. The van der Waals surface area contributed by atoms with E-state index >= 15 is 0 Å². The largest absolute Gasteiger partial charge is 0.462 e. The summed E-state index contributed by atoms with van der Waals surface area (Å²) in [5.41, 5.74) is 0. The van der Waals surface area contributed by atoms with Crippen LogP contribution in [-0.4, -0.2) is 28.3 Å². The number of aliphatic hydroxyl groups excluding tert-OH is 1. The summed E-state index contributed by atoms with van der Waals surface area (Å²) in [6, 6.07) is 0.764. The van der Waals surface area contributed by atoms with E-state index in [1.807, 2.05) is 0 Å². The molecule has 0 amide bonds. The van der Waals surface area contributed by atoms with Crippen molar-refractivity contribution in [1.29, 1.82) is 0 Å². The molecule has 2 aromatic heterocycles. The molecule has 0 aliphatic heterocycles. The molecule has 0 aliphatic rings. The zero-order valence-electron chi connectivity index (χ0n) is 11.4. The molecule has 1 unspecified atom stereocenters. The smallest absolute Gasteiger partial charge is 0.244 e. The molecule has 0 spiro atoms. The van der Waals surface area contributed by atoms with Gasteiger partial charge in [0, 0.05) is 13.1 Å². The summed E-state index contributed by atoms with van der Waals surface area (Å²) < 4.78 is 33.9. The van der Waals surface area contributed by atoms with Crippen molar-refractivity contribution in [2.24, 2.45) is 7.05 Å². The molecule has 0 bridgehead atoms. The van der Waals surface area contributed by atoms with Crippen molar-refractivity contribution in [1.82, 2.24) is 19.5 Å². The van der Waals surface area contributed by atoms with E-state index < -0.39 is 16.1 Å². The third-order valence-corrected chi connectivity index (χ3v) is 4.48. The molecule has 1 atom stereocenters. The van der Waals surface area contributed by atoms with Gasteiger partial charge in [-0.25, -0.2) is 13.1 Å². The van der Waals surface area contributed by atoms with Crippen molar-refractivity contribution in [2.75, 3.05) is 0 Å². The number of nitrogens with zero attached hydrogens (tertiary/aromatic N) is 3. The molecular weight excluding hydrogens is 284 g/mol. The summed E-state index contributed by atoms with van der Waals surface area (Å²) in [5, 5.41) is 16.5. The Hall–Kier alpha value is -1.71. The number of aliphatic hydroxyl groups is 1. The van der Waals surface area contributed by atoms with Crippen molar-refractivity contribution in [3.8, 4) is 0 Å². The molecule has 0 aromatic carbocycles. The van der Waals surface area contributed by atoms with E-state index in [9.17, 15) is 8.42 Å². The summed E-state index contributed by atoms with van der Waals surface area (Å²) >= 11 is 0. The molecule has 2 rings (SSSR count). The Morgan fingerprint density at radius 1 is 1.55 bits per heavy atom. The number of sulfonamides is 1. The van der Waals surface area contributed by atoms with Crippen LogP contribution in [-0.2, 0) is 23.7 Å². The van der Waals surface area contributed by atoms with Crippen LogP contribution in [0.3, 0.4) is 0 Å². The predicted octanol–water partition coefficient (Wildman–Crippen LogP) is 0.248. The maximum atomic E-state index is 12.3. The monoisotopic (exact) mass is 300 g/mol. The van der Waals surface area contributed by atoms with Gasteiger partial charge >= 0.3 is 0 Å². The van der Waals surface area contributed by atoms with E-state index in [1.165, 1.54) is 19.3 Å². The number of furan rings is 1. The summed E-state index contributed by atoms with van der Waals surface area (Å²) in [4.78, 5) is 0.00979. The molecule has 0 radical (unpaired) electrons. The summed E-state index contributed by atoms with van der Waals surface area (Å²) in [6.07, 6.45) is 1.49. The molecule has 2 heterocycles. The van der Waals surface area contributed by atoms with Gasteiger partial charge in [0.25, 0.3) is 0 Å². The van der Waals surface area contributed by atoms with Crippen LogP contribution < -0.4 is 4.72 Å². The summed E-state index contributed by atoms with van der Waals surface area (Å²) in [7, 11) is -2.03. The van der Waals surface area contributed by atoms with Crippen LogP contribution in [0.5, 0.6) is 0 Å². The summed E-state index contributed by atoms with van der Waals surface area (Å²) in [6.45, 7) is 2.85. The SMILES string of the molecule is Cc1oc(CO)cc1S(=O)(=O)NC(C)c1nncn1C. The molecule has 2 N–H and O–H groups in total. The molecular formula is C11H16N4O4S. The molecule has 2 aromatic rings. The Balaban J connectivity index is 2.27. The van der Waals surface area contributed by atoms with Crippen LogP contribution in [0.1, 0.15) is 30.3 Å². The minimum atomic E-state index is -3.76. The molecule has 0 saturated heterocycles. The zero-order chi connectivity index (χ0) is 14.9. The molecule has 110 valence electrons. The number of rotatable bonds is 5. The lowest BCUT2D eigenvalue weighted by molar-refractivity contribution is 0.244. The topological polar surface area (TPSA) is 110 Å². The Bertz CT molecular complexity index is 704. The first kappa shape index (κ1) is 14.7. The maximum Gasteiger partial charge on any atom is 0.244 e. The van der Waals surface area contributed by atoms with Crippen molar-refractivity contribution in [3.63, 3.8) is 0 Å². The minimum Gasteiger partial charge on any atom is -0.462 e. The van der Waals surface area contributed by atoms with Gasteiger partial charge in [-0.1, -0.05) is 0 Å². The molecule has 0 aliphatic carbocycles. The third-order valence-electron chi connectivity index (χ3n) is 2.83. The van der Waals surface area contributed by atoms with Crippen molar-refractivity contribution >= 4 is 10.0 Å². The highest BCUT2D eigenvalue weighted by atomic mass is 32.2. The number of aromatic nitrogens is 3. The van der Waals surface area contributed by atoms with E-state index in [0.717, 1.165) is 0 Å². The Morgan fingerprint density at radius 3 is 2.75 bits per heavy atom. The van der Waals surface area contributed by atoms with Crippen LogP contribution in [0.25, 0.3) is 0 Å². The van der Waals surface area contributed by atoms with Crippen LogP contribution in [0, 0.1) is 6.92 Å². The highest BCUT2D eigenvalue weighted by Gasteiger charge is 2.25. The first-order valence-electron chi connectivity index (χ1n) is 5.91. The van der Waals surface area contributed by atoms with Gasteiger partial charge in [-0.05, 0) is 13.8 Å². The lowest BCUT2D eigenvalue weighted by Crippen LogP contribution is -2.28. The van der Waals surface area contributed by atoms with Crippen molar-refractivity contribution in [2.45, 2.75) is 31.4 Å². The molecule has 0 saturated carbocycles. The van der Waals surface area contributed by atoms with Gasteiger partial charge in [-0.15, -0.1) is 10.2 Å². The summed E-state index contributed by atoms with van der Waals surface area (Å²) in [5.74, 6) is 0.929. The molecule has 9 heteroatoms. The second kappa shape index (κ2) is 5.35. The fourth-order valence-corrected chi connectivity index (χ4v) is 3.31. The van der Waals surface area contributed by atoms with Crippen LogP contribution >= 0.6 is 0 Å². The lowest BCUT2D eigenvalue weighted by atomic mass is 10.3. The van der Waals surface area contributed by atoms with Gasteiger partial charge < -0.3 is 14.1 Å². The second-order valence-corrected chi connectivity index (χ2v) is 6.12. The second-order valence-electron chi connectivity index (χ2n) is 4.43. The Morgan fingerprint density at radius 2 is 2.25 bits per heavy atom. The van der Waals surface area contributed by atoms with Gasteiger partial charge in [0.15, 0.2) is 0 Å². The van der Waals surface area contributed by atoms with E-state index in [0.29, 0.717) is 5.82 Å². The van der Waals surface area contributed by atoms with Crippen LogP contribution in [0.4, 0.5) is 0 Å². The highest BCUT2D eigenvalue weighted by molar-refractivity contribution is 7.89. The molecule has 20 heavy (non-hydrogen) atoms. The van der Waals surface area contributed by atoms with Gasteiger partial charge in [0.05, 0.1) is 6.04 Å². The Labute approximate surface area is 116 Å². The number of hydrogen-bond acceptors (Lipinski definition) is 6. The number of aryl methyl sites for hydroxylation is 2. The molecule has 0 fully saturated rings. The normalized spacial score (nSPS) is 13.6. The van der Waals surface area contributed by atoms with Crippen molar-refractivity contribution in [3.05, 3.63) is 29.7 Å². The Kier molecular flexibility index (Phi) is 3.93. The van der Waals surface area contributed by atoms with Crippen LogP contribution in [0.15, 0.2) is 21.7 Å². The fraction of sp³-hybridized carbons (Fsp3) is 0.455. The van der Waals surface area contributed by atoms with E-state index in [2.05, 4.69) is 14.9 Å². The zero-order valence-corrected chi connectivity index (χ0v) is 12.2. The average molecular weight is 300 g/mol. The quantitative estimate of drug-likeness (QED) is 0.819. The minimum absolute atomic E-state index is 0.00979. The van der Waals surface area contributed by atoms with Gasteiger partial charge in [0.2, 0.25) is 10.0 Å². The maximum absolute atomic E-state index is 12.3. The first-order chi connectivity index (χ1) is 9.35. The van der Waals surface area contributed by atoms with Gasteiger partial charge in [-0.2, -0.15) is 0 Å². The first-order valence-corrected chi connectivity index (χ1v) is 7.40. The number of nitrogens with one attached hydrogen (secondary N) is 1. The standard InChI is InChI=1S/C11H16N4O4S/c1-7(11-13-12-6-15(11)3)14-20(17,18)10-4-9(5-16)19-8(10)2/h4,6-7,14,16H,5H2,1-3H3. The van der Waals surface area contributed by atoms with Gasteiger partial charge in [-0.3, -0.25) is 0 Å². The average Bonchev–Trinajstić information content (AvgIpc) is 2.94. The molecule has 8 nitrogen and oxygen atoms in total. The van der Waals surface area contributed by atoms with Crippen molar-refractivity contribution < 1.29 is 17.9 Å². The van der Waals surface area contributed by atoms with Crippen LogP contribution in [0.2, 0.25) is 0 Å². The fourth-order valence-electron chi connectivity index (χ4n) is 1.90. The third kappa shape index (κ3) is 2.74. The van der Waals surface area contributed by atoms with E-state index in [4.69, 9.17) is 9.52 Å². The predicted molar refractivity (Wildman–Crippen MR) is 69.1 cm³/mol. The number of hydrogen-bond donors (Lipinski definition) is 2. The van der Waals surface area contributed by atoms with Gasteiger partial charge in [0.1, 0.15) is 35.2 Å². The van der Waals surface area contributed by atoms with E-state index in [1.54, 1.807) is 18.5 Å². The lowest BCUT2D eigenvalue weighted by Gasteiger charge is -2.12. The van der Waals surface area contributed by atoms with E-state index in [-0.39, 0.29) is 23.0 Å².